The smallest absolute Gasteiger partial charge is 0.316 e. The fourth-order valence-electron chi connectivity index (χ4n) is 3.26. The molecular weight excluding hydrogens is 356 g/mol. The molecule has 2 aromatic carbocycles. The maximum Gasteiger partial charge on any atom is 0.316 e. The molecule has 1 heterocycles. The van der Waals surface area contributed by atoms with E-state index in [-0.39, 0.29) is 24.6 Å². The lowest BCUT2D eigenvalue weighted by Gasteiger charge is -2.17. The van der Waals surface area contributed by atoms with Crippen molar-refractivity contribution in [3.05, 3.63) is 53.6 Å². The normalized spacial score (nSPS) is 16.0. The minimum atomic E-state index is -0.553. The summed E-state index contributed by atoms with van der Waals surface area (Å²) in [4.78, 5) is 26.6. The number of amides is 1. The van der Waals surface area contributed by atoms with Gasteiger partial charge in [-0.3, -0.25) is 9.59 Å². The van der Waals surface area contributed by atoms with E-state index in [0.717, 1.165) is 18.5 Å². The first kappa shape index (κ1) is 19.4. The van der Waals surface area contributed by atoms with Crippen LogP contribution in [0.15, 0.2) is 42.5 Å². The third-order valence-corrected chi connectivity index (χ3v) is 4.75. The Kier molecular flexibility index (Phi) is 5.95. The molecule has 28 heavy (non-hydrogen) atoms. The van der Waals surface area contributed by atoms with Crippen LogP contribution in [0.5, 0.6) is 11.5 Å². The zero-order valence-electron chi connectivity index (χ0n) is 16.0. The fourth-order valence-corrected chi connectivity index (χ4v) is 3.26. The summed E-state index contributed by atoms with van der Waals surface area (Å²) >= 11 is 0. The Balaban J connectivity index is 1.69. The van der Waals surface area contributed by atoms with Crippen LogP contribution >= 0.6 is 0 Å². The molecule has 1 amide bonds. The van der Waals surface area contributed by atoms with E-state index >= 15 is 0 Å². The number of nitrogens with zero attached hydrogens (tertiary/aromatic N) is 2. The van der Waals surface area contributed by atoms with Gasteiger partial charge < -0.3 is 14.4 Å². The number of ether oxygens (including phenoxy) is 2. The summed E-state index contributed by atoms with van der Waals surface area (Å²) in [6, 6.07) is 14.4. The number of esters is 1. The van der Waals surface area contributed by atoms with E-state index in [0.29, 0.717) is 11.3 Å². The number of rotatable bonds is 6. The number of anilines is 1. The summed E-state index contributed by atoms with van der Waals surface area (Å²) in [5.74, 6) is -0.594. The molecule has 144 valence electrons. The van der Waals surface area contributed by atoms with Crippen molar-refractivity contribution in [2.75, 3.05) is 18.6 Å². The first-order chi connectivity index (χ1) is 13.5. The predicted molar refractivity (Wildman–Crippen MR) is 104 cm³/mol. The van der Waals surface area contributed by atoms with Crippen molar-refractivity contribution >= 4 is 17.6 Å². The number of hydrogen-bond donors (Lipinski definition) is 0. The minimum absolute atomic E-state index is 0.100. The van der Waals surface area contributed by atoms with Crippen LogP contribution in [0.4, 0.5) is 5.69 Å². The number of aryl methyl sites for hydroxylation is 1. The van der Waals surface area contributed by atoms with Gasteiger partial charge in [0.2, 0.25) is 5.91 Å². The molecule has 0 saturated carbocycles. The molecule has 1 unspecified atom stereocenters. The Morgan fingerprint density at radius 1 is 1.21 bits per heavy atom. The summed E-state index contributed by atoms with van der Waals surface area (Å²) < 4.78 is 10.6. The third kappa shape index (κ3) is 4.15. The van der Waals surface area contributed by atoms with E-state index in [4.69, 9.17) is 14.7 Å². The van der Waals surface area contributed by atoms with Gasteiger partial charge in [0, 0.05) is 24.7 Å². The van der Waals surface area contributed by atoms with Crippen LogP contribution in [0.3, 0.4) is 0 Å². The molecule has 2 aromatic rings. The van der Waals surface area contributed by atoms with Crippen LogP contribution in [0.1, 0.15) is 30.9 Å². The van der Waals surface area contributed by atoms with E-state index in [2.05, 4.69) is 6.92 Å². The van der Waals surface area contributed by atoms with Gasteiger partial charge >= 0.3 is 5.97 Å². The number of methoxy groups -OCH3 is 1. The van der Waals surface area contributed by atoms with Crippen LogP contribution in [0.25, 0.3) is 0 Å². The topological polar surface area (TPSA) is 79.6 Å². The molecule has 0 N–H and O–H groups in total. The highest BCUT2D eigenvalue weighted by molar-refractivity contribution is 5.99. The third-order valence-electron chi connectivity index (χ3n) is 4.75. The monoisotopic (exact) mass is 378 g/mol. The van der Waals surface area contributed by atoms with Gasteiger partial charge in [-0.1, -0.05) is 25.5 Å². The van der Waals surface area contributed by atoms with Crippen LogP contribution in [0.2, 0.25) is 0 Å². The SMILES string of the molecule is CCCc1ccc(N2CC(C(=O)Oc3ccc(C#N)cc3OC)CC2=O)cc1. The van der Waals surface area contributed by atoms with Crippen LogP contribution in [-0.2, 0) is 16.0 Å². The maximum atomic E-state index is 12.6. The molecule has 6 heteroatoms. The number of carbonyl (C=O) groups is 2. The molecule has 0 spiro atoms. The van der Waals surface area contributed by atoms with Crippen LogP contribution in [0, 0.1) is 17.2 Å². The van der Waals surface area contributed by atoms with Gasteiger partial charge in [-0.15, -0.1) is 0 Å². The van der Waals surface area contributed by atoms with Crippen molar-refractivity contribution in [2.24, 2.45) is 5.92 Å². The minimum Gasteiger partial charge on any atom is -0.493 e. The van der Waals surface area contributed by atoms with Gasteiger partial charge in [0.25, 0.3) is 0 Å². The lowest BCUT2D eigenvalue weighted by atomic mass is 10.1. The molecule has 0 bridgehead atoms. The Hall–Kier alpha value is -3.33. The molecule has 1 atom stereocenters. The summed E-state index contributed by atoms with van der Waals surface area (Å²) in [6.07, 6.45) is 2.17. The molecule has 1 saturated heterocycles. The van der Waals surface area contributed by atoms with Crippen molar-refractivity contribution in [1.29, 1.82) is 5.26 Å². The fraction of sp³-hybridized carbons (Fsp3) is 0.318. The molecule has 0 radical (unpaired) electrons. The highest BCUT2D eigenvalue weighted by Crippen LogP contribution is 2.31. The van der Waals surface area contributed by atoms with E-state index in [1.54, 1.807) is 11.0 Å². The van der Waals surface area contributed by atoms with Crippen molar-refractivity contribution in [1.82, 2.24) is 0 Å². The van der Waals surface area contributed by atoms with E-state index in [9.17, 15) is 9.59 Å². The summed E-state index contributed by atoms with van der Waals surface area (Å²) in [5.41, 5.74) is 2.42. The van der Waals surface area contributed by atoms with Gasteiger partial charge in [-0.2, -0.15) is 5.26 Å². The zero-order chi connectivity index (χ0) is 20.1. The second-order valence-corrected chi connectivity index (χ2v) is 6.72. The van der Waals surface area contributed by atoms with Gasteiger partial charge in [0.05, 0.1) is 24.7 Å². The summed E-state index contributed by atoms with van der Waals surface area (Å²) in [5, 5.41) is 8.96. The highest BCUT2D eigenvalue weighted by Gasteiger charge is 2.36. The van der Waals surface area contributed by atoms with Crippen molar-refractivity contribution in [3.8, 4) is 17.6 Å². The largest absolute Gasteiger partial charge is 0.493 e. The van der Waals surface area contributed by atoms with Crippen molar-refractivity contribution in [3.63, 3.8) is 0 Å². The van der Waals surface area contributed by atoms with Crippen LogP contribution < -0.4 is 14.4 Å². The number of carbonyl (C=O) groups excluding carboxylic acids is 2. The average molecular weight is 378 g/mol. The van der Waals surface area contributed by atoms with Crippen molar-refractivity contribution in [2.45, 2.75) is 26.2 Å². The first-order valence-corrected chi connectivity index (χ1v) is 9.24. The Labute approximate surface area is 164 Å². The quantitative estimate of drug-likeness (QED) is 0.568. The number of hydrogen-bond acceptors (Lipinski definition) is 5. The van der Waals surface area contributed by atoms with Gasteiger partial charge in [0.15, 0.2) is 11.5 Å². The number of benzene rings is 2. The Bertz CT molecular complexity index is 915. The summed E-state index contributed by atoms with van der Waals surface area (Å²) in [6.45, 7) is 2.40. The van der Waals surface area contributed by atoms with E-state index in [1.165, 1.54) is 24.8 Å². The highest BCUT2D eigenvalue weighted by atomic mass is 16.6. The van der Waals surface area contributed by atoms with E-state index < -0.39 is 11.9 Å². The maximum absolute atomic E-state index is 12.6. The Morgan fingerprint density at radius 2 is 1.96 bits per heavy atom. The first-order valence-electron chi connectivity index (χ1n) is 9.24. The molecule has 1 aliphatic rings. The second kappa shape index (κ2) is 8.57. The molecule has 3 rings (SSSR count). The Morgan fingerprint density at radius 3 is 2.61 bits per heavy atom. The molecule has 6 nitrogen and oxygen atoms in total. The van der Waals surface area contributed by atoms with E-state index in [1.807, 2.05) is 30.3 Å². The van der Waals surface area contributed by atoms with Crippen molar-refractivity contribution < 1.29 is 19.1 Å². The summed E-state index contributed by atoms with van der Waals surface area (Å²) in [7, 11) is 1.44. The predicted octanol–water partition coefficient (Wildman–Crippen LogP) is 3.48. The lowest BCUT2D eigenvalue weighted by Crippen LogP contribution is -2.27. The van der Waals surface area contributed by atoms with Gasteiger partial charge in [-0.05, 0) is 36.2 Å². The molecule has 1 fully saturated rings. The van der Waals surface area contributed by atoms with Gasteiger partial charge in [0.1, 0.15) is 0 Å². The average Bonchev–Trinajstić information content (AvgIpc) is 3.11. The standard InChI is InChI=1S/C22H22N2O4/c1-3-4-15-5-8-18(9-6-15)24-14-17(12-21(24)25)22(26)28-19-10-7-16(13-23)11-20(19)27-2/h5-11,17H,3-4,12,14H2,1-2H3. The van der Waals surface area contributed by atoms with Gasteiger partial charge in [-0.25, -0.2) is 0 Å². The molecule has 0 aliphatic carbocycles. The zero-order valence-corrected chi connectivity index (χ0v) is 16.0. The van der Waals surface area contributed by atoms with Crippen LogP contribution in [-0.4, -0.2) is 25.5 Å². The molecule has 0 aromatic heterocycles. The molecule has 1 aliphatic heterocycles. The lowest BCUT2D eigenvalue weighted by molar-refractivity contribution is -0.139. The molecular formula is C22H22N2O4. The second-order valence-electron chi connectivity index (χ2n) is 6.72. The number of nitriles is 1.